The second-order valence-corrected chi connectivity index (χ2v) is 13.2. The van der Waals surface area contributed by atoms with Crippen molar-refractivity contribution in [2.24, 2.45) is 0 Å². The minimum absolute atomic E-state index is 0.0369. The van der Waals surface area contributed by atoms with Gasteiger partial charge in [-0.25, -0.2) is 16.8 Å². The molecule has 11 heteroatoms. The maximum atomic E-state index is 13.6. The van der Waals surface area contributed by atoms with Gasteiger partial charge in [-0.05, 0) is 68.3 Å². The highest BCUT2D eigenvalue weighted by molar-refractivity contribution is 7.93. The topological polar surface area (TPSA) is 113 Å². The van der Waals surface area contributed by atoms with Gasteiger partial charge in [-0.15, -0.1) is 0 Å². The normalized spacial score (nSPS) is 14.8. The number of hydrogen-bond donors (Lipinski definition) is 1. The number of amides is 1. The summed E-state index contributed by atoms with van der Waals surface area (Å²) in [4.78, 5) is 13.3. The summed E-state index contributed by atoms with van der Waals surface area (Å²) >= 11 is 0. The first kappa shape index (κ1) is 28.6. The summed E-state index contributed by atoms with van der Waals surface area (Å²) in [5, 5.41) is 2.69. The van der Waals surface area contributed by atoms with E-state index in [1.807, 2.05) is 6.92 Å². The van der Waals surface area contributed by atoms with Gasteiger partial charge in [0.2, 0.25) is 15.9 Å². The van der Waals surface area contributed by atoms with Crippen molar-refractivity contribution >= 4 is 37.3 Å². The number of ether oxygens (including phenoxy) is 1. The lowest BCUT2D eigenvalue weighted by Crippen LogP contribution is -2.38. The lowest BCUT2D eigenvalue weighted by Gasteiger charge is -2.25. The maximum absolute atomic E-state index is 13.6. The first-order valence-corrected chi connectivity index (χ1v) is 15.6. The third kappa shape index (κ3) is 6.60. The lowest BCUT2D eigenvalue weighted by atomic mass is 10.2. The van der Waals surface area contributed by atoms with Crippen LogP contribution in [0.3, 0.4) is 0 Å². The van der Waals surface area contributed by atoms with E-state index < -0.39 is 32.5 Å². The number of aryl methyl sites for hydroxylation is 1. The molecule has 0 aliphatic carbocycles. The summed E-state index contributed by atoms with van der Waals surface area (Å²) in [6.45, 7) is 2.32. The van der Waals surface area contributed by atoms with Crippen LogP contribution in [0.25, 0.3) is 0 Å². The number of hydrogen-bond acceptors (Lipinski definition) is 6. The lowest BCUT2D eigenvalue weighted by molar-refractivity contribution is -0.114. The minimum Gasteiger partial charge on any atom is -0.495 e. The molecule has 1 fully saturated rings. The van der Waals surface area contributed by atoms with E-state index >= 15 is 0 Å². The number of para-hydroxylation sites is 2. The van der Waals surface area contributed by atoms with Gasteiger partial charge in [0.1, 0.15) is 12.3 Å². The van der Waals surface area contributed by atoms with Crippen molar-refractivity contribution in [3.05, 3.63) is 78.4 Å². The Morgan fingerprint density at radius 3 is 2.05 bits per heavy atom. The first-order valence-electron chi connectivity index (χ1n) is 12.8. The van der Waals surface area contributed by atoms with Crippen LogP contribution in [0.2, 0.25) is 0 Å². The van der Waals surface area contributed by atoms with Crippen LogP contribution in [0, 0.1) is 6.92 Å². The van der Waals surface area contributed by atoms with Crippen molar-refractivity contribution in [1.29, 1.82) is 0 Å². The average Bonchev–Trinajstić information content (AvgIpc) is 3.23. The number of carbonyl (C=O) groups is 1. The predicted octanol–water partition coefficient (Wildman–Crippen LogP) is 4.40. The summed E-state index contributed by atoms with van der Waals surface area (Å²) in [5.74, 6) is -0.302. The number of anilines is 2. The van der Waals surface area contributed by atoms with Gasteiger partial charge in [-0.1, -0.05) is 42.7 Å². The fourth-order valence-corrected chi connectivity index (χ4v) is 7.39. The van der Waals surface area contributed by atoms with E-state index in [2.05, 4.69) is 5.32 Å². The number of carbonyl (C=O) groups excluding carboxylic acids is 1. The highest BCUT2D eigenvalue weighted by atomic mass is 32.2. The maximum Gasteiger partial charge on any atom is 0.264 e. The minimum atomic E-state index is -4.12. The molecule has 1 N–H and O–H groups in total. The Labute approximate surface area is 230 Å². The van der Waals surface area contributed by atoms with E-state index in [1.165, 1.54) is 47.8 Å². The SMILES string of the molecule is COc1ccccc1N(CC(=O)Nc1ccc(S(=O)(=O)N2CCCCCC2)cc1)S(=O)(=O)c1ccc(C)cc1. The number of methoxy groups -OCH3 is 1. The van der Waals surface area contributed by atoms with E-state index in [0.717, 1.165) is 35.6 Å². The predicted molar refractivity (Wildman–Crippen MR) is 151 cm³/mol. The second-order valence-electron chi connectivity index (χ2n) is 9.39. The Morgan fingerprint density at radius 1 is 0.846 bits per heavy atom. The van der Waals surface area contributed by atoms with Crippen molar-refractivity contribution < 1.29 is 26.4 Å². The Morgan fingerprint density at radius 2 is 1.44 bits per heavy atom. The molecule has 0 saturated carbocycles. The summed E-state index contributed by atoms with van der Waals surface area (Å²) in [6.07, 6.45) is 3.70. The molecule has 0 aromatic heterocycles. The summed E-state index contributed by atoms with van der Waals surface area (Å²) in [5.41, 5.74) is 1.47. The van der Waals surface area contributed by atoms with E-state index in [0.29, 0.717) is 24.5 Å². The van der Waals surface area contributed by atoms with Crippen LogP contribution in [-0.4, -0.2) is 53.8 Å². The zero-order valence-electron chi connectivity index (χ0n) is 22.0. The third-order valence-electron chi connectivity index (χ3n) is 6.59. The van der Waals surface area contributed by atoms with Crippen LogP contribution >= 0.6 is 0 Å². The van der Waals surface area contributed by atoms with Gasteiger partial charge in [0.25, 0.3) is 10.0 Å². The van der Waals surface area contributed by atoms with E-state index in [1.54, 1.807) is 36.4 Å². The highest BCUT2D eigenvalue weighted by Crippen LogP contribution is 2.32. The largest absolute Gasteiger partial charge is 0.495 e. The van der Waals surface area contributed by atoms with Crippen LogP contribution in [0.5, 0.6) is 5.75 Å². The van der Waals surface area contributed by atoms with E-state index in [9.17, 15) is 21.6 Å². The van der Waals surface area contributed by atoms with Gasteiger partial charge in [0, 0.05) is 18.8 Å². The van der Waals surface area contributed by atoms with Crippen molar-refractivity contribution in [1.82, 2.24) is 4.31 Å². The van der Waals surface area contributed by atoms with Gasteiger partial charge in [-0.3, -0.25) is 9.10 Å². The fourth-order valence-electron chi connectivity index (χ4n) is 4.45. The Hall–Kier alpha value is -3.41. The molecular weight excluding hydrogens is 538 g/mol. The molecule has 3 aromatic carbocycles. The van der Waals surface area contributed by atoms with Gasteiger partial charge in [-0.2, -0.15) is 4.31 Å². The van der Waals surface area contributed by atoms with Crippen molar-refractivity contribution in [2.45, 2.75) is 42.4 Å². The quantitative estimate of drug-likeness (QED) is 0.407. The molecule has 0 bridgehead atoms. The molecule has 1 aliphatic rings. The molecule has 0 unspecified atom stereocenters. The molecule has 39 heavy (non-hydrogen) atoms. The summed E-state index contributed by atoms with van der Waals surface area (Å²) < 4.78 is 61.3. The van der Waals surface area contributed by atoms with Crippen LogP contribution in [0.1, 0.15) is 31.2 Å². The number of benzene rings is 3. The molecule has 1 saturated heterocycles. The van der Waals surface area contributed by atoms with E-state index in [-0.39, 0.29) is 15.5 Å². The molecule has 0 radical (unpaired) electrons. The Bertz CT molecular complexity index is 1500. The number of sulfonamides is 2. The molecule has 9 nitrogen and oxygen atoms in total. The molecule has 1 aliphatic heterocycles. The van der Waals surface area contributed by atoms with Gasteiger partial charge < -0.3 is 10.1 Å². The highest BCUT2D eigenvalue weighted by Gasteiger charge is 2.30. The van der Waals surface area contributed by atoms with E-state index in [4.69, 9.17) is 4.74 Å². The van der Waals surface area contributed by atoms with Crippen LogP contribution in [0.4, 0.5) is 11.4 Å². The molecule has 1 heterocycles. The van der Waals surface area contributed by atoms with Crippen molar-refractivity contribution in [3.63, 3.8) is 0 Å². The van der Waals surface area contributed by atoms with Crippen molar-refractivity contribution in [2.75, 3.05) is 36.4 Å². The average molecular weight is 572 g/mol. The Kier molecular flexibility index (Phi) is 8.94. The second kappa shape index (κ2) is 12.2. The summed E-state index contributed by atoms with van der Waals surface area (Å²) in [6, 6.07) is 18.8. The standard InChI is InChI=1S/C28H33N3O6S2/c1-22-11-15-25(16-12-22)39(35,36)31(26-9-5-6-10-27(26)37-2)21-28(32)29-23-13-17-24(18-14-23)38(33,34)30-19-7-3-4-8-20-30/h5-6,9-18H,3-4,7-8,19-21H2,1-2H3,(H,29,32). The number of nitrogens with zero attached hydrogens (tertiary/aromatic N) is 2. The summed E-state index contributed by atoms with van der Waals surface area (Å²) in [7, 11) is -6.32. The molecule has 0 spiro atoms. The number of rotatable bonds is 9. The molecule has 208 valence electrons. The molecule has 3 aromatic rings. The van der Waals surface area contributed by atoms with Gasteiger partial charge >= 0.3 is 0 Å². The zero-order valence-corrected chi connectivity index (χ0v) is 23.7. The smallest absolute Gasteiger partial charge is 0.264 e. The fraction of sp³-hybridized carbons (Fsp3) is 0.321. The van der Waals surface area contributed by atoms with Gasteiger partial charge in [0.15, 0.2) is 0 Å². The molecule has 1 amide bonds. The van der Waals surface area contributed by atoms with Crippen LogP contribution in [0.15, 0.2) is 82.6 Å². The monoisotopic (exact) mass is 571 g/mol. The first-order chi connectivity index (χ1) is 18.6. The molecular formula is C28H33N3O6S2. The number of nitrogens with one attached hydrogen (secondary N) is 1. The molecule has 4 rings (SSSR count). The van der Waals surface area contributed by atoms with Crippen molar-refractivity contribution in [3.8, 4) is 5.75 Å². The Balaban J connectivity index is 1.56. The zero-order chi connectivity index (χ0) is 28.0. The van der Waals surface area contributed by atoms with Crippen LogP contribution in [-0.2, 0) is 24.8 Å². The van der Waals surface area contributed by atoms with Gasteiger partial charge in [0.05, 0.1) is 22.6 Å². The third-order valence-corrected chi connectivity index (χ3v) is 10.3. The molecule has 0 atom stereocenters. The van der Waals surface area contributed by atoms with Crippen LogP contribution < -0.4 is 14.4 Å².